The molecule has 0 saturated carbocycles. The number of likely N-dealkylation sites (tertiary alicyclic amines) is 1. The number of aromatic amines is 1. The quantitative estimate of drug-likeness (QED) is 0.707. The minimum absolute atomic E-state index is 0.165. The number of hydrogen-bond acceptors (Lipinski definition) is 4. The van der Waals surface area contributed by atoms with Crippen LogP contribution in [0.5, 0.6) is 0 Å². The number of nitrogens with zero attached hydrogens (tertiary/aromatic N) is 4. The van der Waals surface area contributed by atoms with Crippen LogP contribution in [0.25, 0.3) is 11.0 Å². The molecule has 1 amide bonds. The highest BCUT2D eigenvalue weighted by Crippen LogP contribution is 2.23. The Kier molecular flexibility index (Phi) is 5.64. The number of nitrogens with one attached hydrogen (secondary N) is 1. The van der Waals surface area contributed by atoms with Crippen LogP contribution in [0.15, 0.2) is 48.5 Å². The number of aryl methyl sites for hydroxylation is 1. The molecule has 2 saturated heterocycles. The molecule has 0 bridgehead atoms. The summed E-state index contributed by atoms with van der Waals surface area (Å²) in [5.74, 6) is 1.53. The third-order valence-electron chi connectivity index (χ3n) is 6.71. The highest BCUT2D eigenvalue weighted by Gasteiger charge is 2.30. The number of benzene rings is 2. The molecule has 3 aromatic rings. The molecule has 6 heteroatoms. The maximum absolute atomic E-state index is 13.1. The molecule has 6 nitrogen and oxygen atoms in total. The zero-order valence-electron chi connectivity index (χ0n) is 18.3. The normalized spacial score (nSPS) is 18.6. The predicted octanol–water partition coefficient (Wildman–Crippen LogP) is 3.43. The Balaban J connectivity index is 1.11. The number of fused-ring (bicyclic) bond motifs is 1. The van der Waals surface area contributed by atoms with Crippen LogP contribution in [0.1, 0.15) is 24.2 Å². The van der Waals surface area contributed by atoms with Crippen molar-refractivity contribution in [3.05, 3.63) is 59.9 Å². The largest absolute Gasteiger partial charge is 0.368 e. The predicted molar refractivity (Wildman–Crippen MR) is 124 cm³/mol. The molecule has 1 N–H and O–H groups in total. The first-order chi connectivity index (χ1) is 15.2. The summed E-state index contributed by atoms with van der Waals surface area (Å²) < 4.78 is 0. The van der Waals surface area contributed by atoms with Crippen LogP contribution in [-0.4, -0.2) is 64.9 Å². The molecular formula is C25H31N5O. The minimum atomic E-state index is 0.165. The third kappa shape index (κ3) is 4.44. The second-order valence-corrected chi connectivity index (χ2v) is 8.90. The van der Waals surface area contributed by atoms with Gasteiger partial charge in [0.05, 0.1) is 17.6 Å². The van der Waals surface area contributed by atoms with Gasteiger partial charge in [-0.05, 0) is 62.7 Å². The van der Waals surface area contributed by atoms with Gasteiger partial charge in [-0.1, -0.05) is 24.3 Å². The lowest BCUT2D eigenvalue weighted by Gasteiger charge is -2.39. The number of hydrogen-bond donors (Lipinski definition) is 1. The van der Waals surface area contributed by atoms with Crippen LogP contribution in [-0.2, 0) is 11.3 Å². The van der Waals surface area contributed by atoms with Gasteiger partial charge in [-0.15, -0.1) is 0 Å². The van der Waals surface area contributed by atoms with Gasteiger partial charge in [-0.2, -0.15) is 0 Å². The Hall–Kier alpha value is -2.86. The van der Waals surface area contributed by atoms with E-state index in [4.69, 9.17) is 4.98 Å². The van der Waals surface area contributed by atoms with Crippen molar-refractivity contribution < 1.29 is 4.79 Å². The number of piperazine rings is 1. The molecule has 31 heavy (non-hydrogen) atoms. The SMILES string of the molecule is Cc1ccc2nc(CN3CCC(C(=O)N4CCN(c5ccccc5)CC4)CC3)[nH]c2c1. The maximum Gasteiger partial charge on any atom is 0.225 e. The van der Waals surface area contributed by atoms with Crippen molar-refractivity contribution in [1.29, 1.82) is 0 Å². The number of carbonyl (C=O) groups excluding carboxylic acids is 1. The van der Waals surface area contributed by atoms with Crippen LogP contribution in [0, 0.1) is 12.8 Å². The third-order valence-corrected chi connectivity index (χ3v) is 6.71. The molecule has 0 radical (unpaired) electrons. The van der Waals surface area contributed by atoms with Gasteiger partial charge in [-0.25, -0.2) is 4.98 Å². The first-order valence-corrected chi connectivity index (χ1v) is 11.4. The van der Waals surface area contributed by atoms with Crippen molar-refractivity contribution in [2.75, 3.05) is 44.2 Å². The number of anilines is 1. The van der Waals surface area contributed by atoms with Gasteiger partial charge in [0.15, 0.2) is 0 Å². The number of rotatable bonds is 4. The van der Waals surface area contributed by atoms with E-state index < -0.39 is 0 Å². The molecule has 2 aliphatic rings. The number of imidazole rings is 1. The molecule has 0 atom stereocenters. The monoisotopic (exact) mass is 417 g/mol. The second kappa shape index (κ2) is 8.71. The van der Waals surface area contributed by atoms with E-state index in [0.717, 1.165) is 75.5 Å². The van der Waals surface area contributed by atoms with Crippen molar-refractivity contribution in [3.8, 4) is 0 Å². The maximum atomic E-state index is 13.1. The van der Waals surface area contributed by atoms with Crippen molar-refractivity contribution in [2.24, 2.45) is 5.92 Å². The average molecular weight is 418 g/mol. The molecule has 3 heterocycles. The van der Waals surface area contributed by atoms with Crippen LogP contribution >= 0.6 is 0 Å². The van der Waals surface area contributed by atoms with Crippen LogP contribution < -0.4 is 4.90 Å². The average Bonchev–Trinajstić information content (AvgIpc) is 3.21. The first-order valence-electron chi connectivity index (χ1n) is 11.4. The van der Waals surface area contributed by atoms with Gasteiger partial charge in [0.1, 0.15) is 5.82 Å². The molecule has 162 valence electrons. The van der Waals surface area contributed by atoms with Crippen molar-refractivity contribution in [1.82, 2.24) is 19.8 Å². The van der Waals surface area contributed by atoms with E-state index in [0.29, 0.717) is 5.91 Å². The van der Waals surface area contributed by atoms with Crippen molar-refractivity contribution >= 4 is 22.6 Å². The highest BCUT2D eigenvalue weighted by molar-refractivity contribution is 5.79. The molecule has 0 unspecified atom stereocenters. The van der Waals surface area contributed by atoms with Gasteiger partial charge in [-0.3, -0.25) is 9.69 Å². The fourth-order valence-corrected chi connectivity index (χ4v) is 4.88. The lowest BCUT2D eigenvalue weighted by Crippen LogP contribution is -2.51. The summed E-state index contributed by atoms with van der Waals surface area (Å²) in [6.45, 7) is 8.32. The molecule has 2 aromatic carbocycles. The molecule has 2 fully saturated rings. The van der Waals surface area contributed by atoms with E-state index in [1.807, 2.05) is 6.07 Å². The Morgan fingerprint density at radius 3 is 2.48 bits per heavy atom. The van der Waals surface area contributed by atoms with E-state index in [2.05, 4.69) is 69.1 Å². The Bertz CT molecular complexity index is 1030. The highest BCUT2D eigenvalue weighted by atomic mass is 16.2. The molecule has 0 aliphatic carbocycles. The van der Waals surface area contributed by atoms with Gasteiger partial charge in [0.2, 0.25) is 5.91 Å². The molecule has 1 aromatic heterocycles. The van der Waals surface area contributed by atoms with E-state index >= 15 is 0 Å². The van der Waals surface area contributed by atoms with Gasteiger partial charge < -0.3 is 14.8 Å². The number of carbonyl (C=O) groups is 1. The number of H-pyrrole nitrogens is 1. The molecule has 5 rings (SSSR count). The first kappa shape index (κ1) is 20.1. The Labute approximate surface area is 183 Å². The Morgan fingerprint density at radius 2 is 1.74 bits per heavy atom. The Morgan fingerprint density at radius 1 is 1.00 bits per heavy atom. The summed E-state index contributed by atoms with van der Waals surface area (Å²) in [6.07, 6.45) is 1.88. The lowest BCUT2D eigenvalue weighted by atomic mass is 9.95. The molecule has 2 aliphatic heterocycles. The van der Waals surface area contributed by atoms with Crippen molar-refractivity contribution in [2.45, 2.75) is 26.3 Å². The summed E-state index contributed by atoms with van der Waals surface area (Å²) in [4.78, 5) is 28.1. The topological polar surface area (TPSA) is 55.5 Å². The fraction of sp³-hybridized carbons (Fsp3) is 0.440. The number of piperidine rings is 1. The summed E-state index contributed by atoms with van der Waals surface area (Å²) in [5.41, 5.74) is 4.63. The lowest BCUT2D eigenvalue weighted by molar-refractivity contribution is -0.137. The van der Waals surface area contributed by atoms with Gasteiger partial charge >= 0.3 is 0 Å². The van der Waals surface area contributed by atoms with E-state index in [-0.39, 0.29) is 5.92 Å². The van der Waals surface area contributed by atoms with E-state index in [1.54, 1.807) is 0 Å². The standard InChI is InChI=1S/C25H31N5O/c1-19-7-8-22-23(17-19)27-24(26-22)18-28-11-9-20(10-12-28)25(31)30-15-13-29(14-16-30)21-5-3-2-4-6-21/h2-8,17,20H,9-16,18H2,1H3,(H,26,27). The van der Waals surface area contributed by atoms with Gasteiger partial charge in [0.25, 0.3) is 0 Å². The van der Waals surface area contributed by atoms with E-state index in [1.165, 1.54) is 11.3 Å². The number of amides is 1. The van der Waals surface area contributed by atoms with Crippen molar-refractivity contribution in [3.63, 3.8) is 0 Å². The summed E-state index contributed by atoms with van der Waals surface area (Å²) in [7, 11) is 0. The molecular weight excluding hydrogens is 386 g/mol. The molecule has 0 spiro atoms. The smallest absolute Gasteiger partial charge is 0.225 e. The zero-order chi connectivity index (χ0) is 21.2. The van der Waals surface area contributed by atoms with Gasteiger partial charge in [0, 0.05) is 37.8 Å². The summed E-state index contributed by atoms with van der Waals surface area (Å²) >= 11 is 0. The van der Waals surface area contributed by atoms with E-state index in [9.17, 15) is 4.79 Å². The fourth-order valence-electron chi connectivity index (χ4n) is 4.88. The minimum Gasteiger partial charge on any atom is -0.368 e. The number of aromatic nitrogens is 2. The van der Waals surface area contributed by atoms with Crippen LogP contribution in [0.3, 0.4) is 0 Å². The number of para-hydroxylation sites is 1. The zero-order valence-corrected chi connectivity index (χ0v) is 18.3. The summed E-state index contributed by atoms with van der Waals surface area (Å²) in [5, 5.41) is 0. The summed E-state index contributed by atoms with van der Waals surface area (Å²) in [6, 6.07) is 16.8. The second-order valence-electron chi connectivity index (χ2n) is 8.90. The van der Waals surface area contributed by atoms with Crippen LogP contribution in [0.4, 0.5) is 5.69 Å². The van der Waals surface area contributed by atoms with Crippen LogP contribution in [0.2, 0.25) is 0 Å².